The van der Waals surface area contributed by atoms with Crippen LogP contribution in [0.25, 0.3) is 6.08 Å². The van der Waals surface area contributed by atoms with Crippen LogP contribution in [0.3, 0.4) is 0 Å². The van der Waals surface area contributed by atoms with Crippen molar-refractivity contribution in [2.45, 2.75) is 50.1 Å². The molecule has 0 saturated carbocycles. The number of amides is 1. The van der Waals surface area contributed by atoms with Crippen LogP contribution in [0.5, 0.6) is 0 Å². The fourth-order valence-corrected chi connectivity index (χ4v) is 5.59. The molecule has 1 aromatic carbocycles. The molecule has 1 atom stereocenters. The van der Waals surface area contributed by atoms with Gasteiger partial charge in [-0.15, -0.1) is 0 Å². The quantitative estimate of drug-likeness (QED) is 0.699. The van der Waals surface area contributed by atoms with Crippen molar-refractivity contribution in [2.24, 2.45) is 5.92 Å². The molecule has 7 nitrogen and oxygen atoms in total. The van der Waals surface area contributed by atoms with E-state index < -0.39 is 16.1 Å². The van der Waals surface area contributed by atoms with Crippen LogP contribution in [-0.4, -0.2) is 42.9 Å². The van der Waals surface area contributed by atoms with E-state index in [2.05, 4.69) is 17.7 Å². The number of aromatic nitrogens is 1. The van der Waals surface area contributed by atoms with Crippen molar-refractivity contribution in [3.8, 4) is 6.07 Å². The molecule has 32 heavy (non-hydrogen) atoms. The highest BCUT2D eigenvalue weighted by Crippen LogP contribution is 2.24. The highest BCUT2D eigenvalue weighted by Gasteiger charge is 2.31. The van der Waals surface area contributed by atoms with Gasteiger partial charge in [0.05, 0.1) is 4.90 Å². The molecule has 0 radical (unpaired) electrons. The third-order valence-electron chi connectivity index (χ3n) is 6.35. The molecule has 2 heterocycles. The molecule has 1 unspecified atom stereocenters. The lowest BCUT2D eigenvalue weighted by Gasteiger charge is -2.33. The number of nitrogens with one attached hydrogen (secondary N) is 1. The van der Waals surface area contributed by atoms with Gasteiger partial charge >= 0.3 is 0 Å². The number of carbonyl (C=O) groups is 1. The van der Waals surface area contributed by atoms with Crippen LogP contribution in [0.15, 0.2) is 47.5 Å². The molecular formula is C24H28N4O3S. The van der Waals surface area contributed by atoms with E-state index in [-0.39, 0.29) is 17.2 Å². The molecule has 8 heteroatoms. The molecule has 1 amide bonds. The Morgan fingerprint density at radius 3 is 2.81 bits per heavy atom. The van der Waals surface area contributed by atoms with Crippen molar-refractivity contribution in [1.29, 1.82) is 5.26 Å². The predicted molar refractivity (Wildman–Crippen MR) is 122 cm³/mol. The Morgan fingerprint density at radius 2 is 2.06 bits per heavy atom. The molecule has 1 saturated heterocycles. The molecule has 1 aliphatic heterocycles. The fourth-order valence-electron chi connectivity index (χ4n) is 4.32. The van der Waals surface area contributed by atoms with E-state index in [0.29, 0.717) is 37.7 Å². The van der Waals surface area contributed by atoms with Gasteiger partial charge in [-0.1, -0.05) is 25.1 Å². The minimum absolute atomic E-state index is 0.170. The van der Waals surface area contributed by atoms with Crippen LogP contribution >= 0.6 is 0 Å². The minimum Gasteiger partial charge on any atom is -0.341 e. The minimum atomic E-state index is -3.88. The Balaban J connectivity index is 1.55. The van der Waals surface area contributed by atoms with Gasteiger partial charge in [0.15, 0.2) is 0 Å². The Bertz CT molecular complexity index is 1170. The molecule has 0 spiro atoms. The summed E-state index contributed by atoms with van der Waals surface area (Å²) in [5.41, 5.74) is 2.47. The standard InChI is InChI=1S/C24H28N4O3S/c1-18-9-13-28(14-10-18)24(29)23(11-15-27-12-3-6-21(27)17-25)26-32(30,31)22-8-7-19-4-2-5-20(19)16-22/h2-4,6-8,12,16,18,23,26H,5,9-11,13-15H2,1H3. The van der Waals surface area contributed by atoms with E-state index in [9.17, 15) is 18.5 Å². The predicted octanol–water partition coefficient (Wildman–Crippen LogP) is 2.92. The number of benzene rings is 1. The first kappa shape index (κ1) is 22.3. The molecular weight excluding hydrogens is 424 g/mol. The largest absolute Gasteiger partial charge is 0.341 e. The molecule has 0 bridgehead atoms. The van der Waals surface area contributed by atoms with Gasteiger partial charge in [-0.3, -0.25) is 4.79 Å². The average Bonchev–Trinajstić information content (AvgIpc) is 3.45. The third-order valence-corrected chi connectivity index (χ3v) is 7.82. The van der Waals surface area contributed by atoms with Crippen molar-refractivity contribution in [3.63, 3.8) is 0 Å². The summed E-state index contributed by atoms with van der Waals surface area (Å²) in [6.45, 7) is 3.80. The smallest absolute Gasteiger partial charge is 0.241 e. The first-order chi connectivity index (χ1) is 15.4. The molecule has 2 aliphatic rings. The van der Waals surface area contributed by atoms with Crippen LogP contribution in [0.4, 0.5) is 0 Å². The van der Waals surface area contributed by atoms with E-state index in [1.165, 1.54) is 0 Å². The molecule has 4 rings (SSSR count). The lowest BCUT2D eigenvalue weighted by Crippen LogP contribution is -2.50. The summed E-state index contributed by atoms with van der Waals surface area (Å²) in [6, 6.07) is 9.76. The Labute approximate surface area is 189 Å². The number of nitriles is 1. The second-order valence-electron chi connectivity index (χ2n) is 8.64. The first-order valence-corrected chi connectivity index (χ1v) is 12.5. The summed E-state index contributed by atoms with van der Waals surface area (Å²) in [5.74, 6) is 0.362. The summed E-state index contributed by atoms with van der Waals surface area (Å²) in [5, 5.41) is 9.26. The average molecular weight is 453 g/mol. The maximum atomic E-state index is 13.3. The molecule has 1 fully saturated rings. The van der Waals surface area contributed by atoms with E-state index in [1.54, 1.807) is 46.0 Å². The number of hydrogen-bond acceptors (Lipinski definition) is 4. The first-order valence-electron chi connectivity index (χ1n) is 11.0. The topological polar surface area (TPSA) is 95.2 Å². The maximum Gasteiger partial charge on any atom is 0.241 e. The van der Waals surface area contributed by atoms with Crippen LogP contribution in [0.1, 0.15) is 43.0 Å². The van der Waals surface area contributed by atoms with Crippen LogP contribution < -0.4 is 4.72 Å². The normalized spacial score (nSPS) is 17.2. The monoisotopic (exact) mass is 452 g/mol. The number of fused-ring (bicyclic) bond motifs is 1. The zero-order valence-electron chi connectivity index (χ0n) is 18.2. The number of likely N-dealkylation sites (tertiary alicyclic amines) is 1. The number of nitrogens with zero attached hydrogens (tertiary/aromatic N) is 3. The van der Waals surface area contributed by atoms with Gasteiger partial charge in [0.1, 0.15) is 17.8 Å². The summed E-state index contributed by atoms with van der Waals surface area (Å²) in [6.07, 6.45) is 8.55. The lowest BCUT2D eigenvalue weighted by molar-refractivity contribution is -0.134. The molecule has 168 valence electrons. The number of sulfonamides is 1. The zero-order chi connectivity index (χ0) is 22.7. The molecule has 1 aliphatic carbocycles. The van der Waals surface area contributed by atoms with Crippen LogP contribution in [0.2, 0.25) is 0 Å². The number of carbonyl (C=O) groups excluding carboxylic acids is 1. The van der Waals surface area contributed by atoms with Gasteiger partial charge in [0.25, 0.3) is 0 Å². The number of rotatable bonds is 7. The van der Waals surface area contributed by atoms with Crippen LogP contribution in [-0.2, 0) is 27.8 Å². The second-order valence-corrected chi connectivity index (χ2v) is 10.4. The Morgan fingerprint density at radius 1 is 1.28 bits per heavy atom. The van der Waals surface area contributed by atoms with Gasteiger partial charge in [-0.2, -0.15) is 9.98 Å². The summed E-state index contributed by atoms with van der Waals surface area (Å²) >= 11 is 0. The van der Waals surface area contributed by atoms with Crippen molar-refractivity contribution in [3.05, 3.63) is 59.4 Å². The highest BCUT2D eigenvalue weighted by atomic mass is 32.2. The van der Waals surface area contributed by atoms with Gasteiger partial charge in [0, 0.05) is 25.8 Å². The second kappa shape index (κ2) is 9.31. The number of piperidine rings is 1. The zero-order valence-corrected chi connectivity index (χ0v) is 19.0. The number of allylic oxidation sites excluding steroid dienone is 1. The van der Waals surface area contributed by atoms with Crippen molar-refractivity contribution < 1.29 is 13.2 Å². The van der Waals surface area contributed by atoms with Gasteiger partial charge < -0.3 is 9.47 Å². The van der Waals surface area contributed by atoms with Gasteiger partial charge in [0.2, 0.25) is 15.9 Å². The van der Waals surface area contributed by atoms with Crippen LogP contribution in [0, 0.1) is 17.2 Å². The Hall–Kier alpha value is -2.89. The van der Waals surface area contributed by atoms with Crippen molar-refractivity contribution >= 4 is 22.0 Å². The number of hydrogen-bond donors (Lipinski definition) is 1. The van der Waals surface area contributed by atoms with Gasteiger partial charge in [-0.05, 0) is 67.0 Å². The molecule has 1 aromatic heterocycles. The number of aryl methyl sites for hydroxylation is 1. The summed E-state index contributed by atoms with van der Waals surface area (Å²) < 4.78 is 30.8. The van der Waals surface area contributed by atoms with E-state index >= 15 is 0 Å². The van der Waals surface area contributed by atoms with E-state index in [0.717, 1.165) is 24.0 Å². The van der Waals surface area contributed by atoms with Gasteiger partial charge in [-0.25, -0.2) is 8.42 Å². The third kappa shape index (κ3) is 4.79. The SMILES string of the molecule is CC1CCN(C(=O)C(CCn2cccc2C#N)NS(=O)(=O)c2ccc3c(c2)CC=C3)CC1. The van der Waals surface area contributed by atoms with Crippen molar-refractivity contribution in [1.82, 2.24) is 14.2 Å². The molecule has 2 aromatic rings. The highest BCUT2D eigenvalue weighted by molar-refractivity contribution is 7.89. The molecule has 1 N–H and O–H groups in total. The summed E-state index contributed by atoms with van der Waals surface area (Å²) in [4.78, 5) is 15.3. The van der Waals surface area contributed by atoms with E-state index in [4.69, 9.17) is 0 Å². The summed E-state index contributed by atoms with van der Waals surface area (Å²) in [7, 11) is -3.88. The lowest BCUT2D eigenvalue weighted by atomic mass is 9.98. The fraction of sp³-hybridized carbons (Fsp3) is 0.417. The Kier molecular flexibility index (Phi) is 6.49. The van der Waals surface area contributed by atoms with E-state index in [1.807, 2.05) is 12.2 Å². The van der Waals surface area contributed by atoms with Crippen molar-refractivity contribution in [2.75, 3.05) is 13.1 Å². The maximum absolute atomic E-state index is 13.3.